The average molecular weight is 370 g/mol. The fourth-order valence-corrected chi connectivity index (χ4v) is 2.68. The fraction of sp³-hybridized carbons (Fsp3) is 0.200. The summed E-state index contributed by atoms with van der Waals surface area (Å²) in [6.45, 7) is 4.02. The molecule has 0 saturated carbocycles. The maximum atomic E-state index is 12.5. The van der Waals surface area contributed by atoms with E-state index in [-0.39, 0.29) is 11.3 Å². The van der Waals surface area contributed by atoms with Crippen LogP contribution in [-0.2, 0) is 17.6 Å². The van der Waals surface area contributed by atoms with Gasteiger partial charge >= 0.3 is 0 Å². The molecule has 0 bridgehead atoms. The van der Waals surface area contributed by atoms with Gasteiger partial charge in [0.1, 0.15) is 17.4 Å². The van der Waals surface area contributed by atoms with Crippen LogP contribution in [0.15, 0.2) is 48.2 Å². The summed E-state index contributed by atoms with van der Waals surface area (Å²) in [4.78, 5) is 12.5. The minimum Gasteiger partial charge on any atom is -0.506 e. The number of phenols is 1. The van der Waals surface area contributed by atoms with Crippen molar-refractivity contribution in [3.05, 3.63) is 64.3 Å². The van der Waals surface area contributed by atoms with Crippen LogP contribution in [-0.4, -0.2) is 11.0 Å². The minimum absolute atomic E-state index is 0.0343. The lowest BCUT2D eigenvalue weighted by atomic mass is 10.0. The molecule has 3 N–H and O–H groups in total. The number of anilines is 2. The molecule has 0 spiro atoms. The van der Waals surface area contributed by atoms with Crippen LogP contribution in [0.5, 0.6) is 5.75 Å². The third kappa shape index (κ3) is 4.56. The second-order valence-corrected chi connectivity index (χ2v) is 6.02. The first-order valence-corrected chi connectivity index (χ1v) is 8.65. The molecule has 0 heterocycles. The predicted octanol–water partition coefficient (Wildman–Crippen LogP) is 4.63. The quantitative estimate of drug-likeness (QED) is 0.393. The molecule has 1 amide bonds. The van der Waals surface area contributed by atoms with E-state index in [1.54, 1.807) is 0 Å². The Morgan fingerprint density at radius 3 is 2.46 bits per heavy atom. The van der Waals surface area contributed by atoms with Crippen LogP contribution in [0.2, 0.25) is 5.02 Å². The van der Waals surface area contributed by atoms with Crippen LogP contribution in [0.1, 0.15) is 25.0 Å². The normalized spacial score (nSPS) is 10.9. The van der Waals surface area contributed by atoms with Crippen molar-refractivity contribution in [2.45, 2.75) is 26.7 Å². The van der Waals surface area contributed by atoms with Crippen molar-refractivity contribution < 1.29 is 9.90 Å². The number of hydrogen-bond acceptors (Lipinski definition) is 4. The van der Waals surface area contributed by atoms with Crippen molar-refractivity contribution in [3.63, 3.8) is 0 Å². The summed E-state index contributed by atoms with van der Waals surface area (Å²) < 4.78 is 0. The highest BCUT2D eigenvalue weighted by molar-refractivity contribution is 6.30. The molecule has 26 heavy (non-hydrogen) atoms. The molecule has 5 nitrogen and oxygen atoms in total. The smallest absolute Gasteiger partial charge is 0.267 e. The molecule has 2 aromatic carbocycles. The van der Waals surface area contributed by atoms with Crippen molar-refractivity contribution >= 4 is 28.9 Å². The van der Waals surface area contributed by atoms with Gasteiger partial charge in [0.25, 0.3) is 5.91 Å². The van der Waals surface area contributed by atoms with Crippen molar-refractivity contribution in [3.8, 4) is 11.8 Å². The summed E-state index contributed by atoms with van der Waals surface area (Å²) >= 11 is 5.89. The van der Waals surface area contributed by atoms with E-state index in [2.05, 4.69) is 10.6 Å². The lowest BCUT2D eigenvalue weighted by Crippen LogP contribution is -2.17. The number of carbonyl (C=O) groups is 1. The predicted molar refractivity (Wildman–Crippen MR) is 104 cm³/mol. The number of nitrogens with one attached hydrogen (secondary N) is 2. The number of aromatic hydroxyl groups is 1. The van der Waals surface area contributed by atoms with Gasteiger partial charge in [-0.25, -0.2) is 0 Å². The number of carbonyl (C=O) groups excluding carboxylic acids is 1. The van der Waals surface area contributed by atoms with Crippen molar-refractivity contribution in [2.24, 2.45) is 0 Å². The van der Waals surface area contributed by atoms with Crippen LogP contribution in [0.25, 0.3) is 0 Å². The Hall–Kier alpha value is -2.97. The average Bonchev–Trinajstić information content (AvgIpc) is 2.65. The number of halogens is 1. The Kier molecular flexibility index (Phi) is 6.65. The van der Waals surface area contributed by atoms with E-state index in [0.717, 1.165) is 29.7 Å². The third-order valence-electron chi connectivity index (χ3n) is 3.93. The van der Waals surface area contributed by atoms with Gasteiger partial charge in [-0.2, -0.15) is 5.26 Å². The number of benzene rings is 2. The summed E-state index contributed by atoms with van der Waals surface area (Å²) in [5.41, 5.74) is 2.96. The number of rotatable bonds is 6. The first-order valence-electron chi connectivity index (χ1n) is 8.27. The van der Waals surface area contributed by atoms with Gasteiger partial charge in [-0.05, 0) is 42.2 Å². The number of nitrogens with zero attached hydrogens (tertiary/aromatic N) is 1. The summed E-state index contributed by atoms with van der Waals surface area (Å²) in [6.07, 6.45) is 2.79. The van der Waals surface area contributed by atoms with Crippen molar-refractivity contribution in [1.29, 1.82) is 5.26 Å². The number of hydrogen-bond donors (Lipinski definition) is 3. The maximum absolute atomic E-state index is 12.5. The monoisotopic (exact) mass is 369 g/mol. The number of para-hydroxylation sites is 1. The van der Waals surface area contributed by atoms with Crippen molar-refractivity contribution in [1.82, 2.24) is 0 Å². The summed E-state index contributed by atoms with van der Waals surface area (Å²) in [6, 6.07) is 12.2. The Morgan fingerprint density at radius 2 is 1.88 bits per heavy atom. The zero-order chi connectivity index (χ0) is 19.1. The van der Waals surface area contributed by atoms with Gasteiger partial charge in [-0.15, -0.1) is 0 Å². The molecular weight excluding hydrogens is 350 g/mol. The van der Waals surface area contributed by atoms with Gasteiger partial charge in [-0.3, -0.25) is 4.79 Å². The molecule has 0 fully saturated rings. The van der Waals surface area contributed by atoms with Gasteiger partial charge in [0.05, 0.1) is 5.69 Å². The second-order valence-electron chi connectivity index (χ2n) is 5.59. The highest BCUT2D eigenvalue weighted by Crippen LogP contribution is 2.27. The van der Waals surface area contributed by atoms with Gasteiger partial charge in [0.2, 0.25) is 0 Å². The van der Waals surface area contributed by atoms with E-state index >= 15 is 0 Å². The zero-order valence-electron chi connectivity index (χ0n) is 14.6. The highest BCUT2D eigenvalue weighted by Gasteiger charge is 2.14. The Morgan fingerprint density at radius 1 is 1.23 bits per heavy atom. The third-order valence-corrected chi connectivity index (χ3v) is 4.17. The Balaban J connectivity index is 2.25. The van der Waals surface area contributed by atoms with Gasteiger partial charge in [-0.1, -0.05) is 43.6 Å². The Bertz CT molecular complexity index is 863. The summed E-state index contributed by atoms with van der Waals surface area (Å²) in [5.74, 6) is -0.551. The molecular formula is C20H20ClN3O2. The molecule has 134 valence electrons. The molecule has 0 saturated heterocycles. The van der Waals surface area contributed by atoms with E-state index in [1.807, 2.05) is 38.1 Å². The molecule has 0 unspecified atom stereocenters. The molecule has 6 heteroatoms. The second kappa shape index (κ2) is 8.93. The largest absolute Gasteiger partial charge is 0.506 e. The molecule has 2 rings (SSSR count). The zero-order valence-corrected chi connectivity index (χ0v) is 15.4. The lowest BCUT2D eigenvalue weighted by Gasteiger charge is -2.14. The lowest BCUT2D eigenvalue weighted by molar-refractivity contribution is -0.112. The SMILES string of the molecule is CCc1cccc(CC)c1NC(=O)/C(C#N)=C\Nc1cc(Cl)ccc1O. The summed E-state index contributed by atoms with van der Waals surface area (Å²) in [7, 11) is 0. The van der Waals surface area contributed by atoms with Crippen LogP contribution in [0, 0.1) is 11.3 Å². The van der Waals surface area contributed by atoms with Gasteiger partial charge in [0, 0.05) is 16.9 Å². The number of amides is 1. The first kappa shape index (κ1) is 19.4. The molecule has 0 aliphatic carbocycles. The highest BCUT2D eigenvalue weighted by atomic mass is 35.5. The van der Waals surface area contributed by atoms with E-state index in [1.165, 1.54) is 24.4 Å². The van der Waals surface area contributed by atoms with E-state index in [0.29, 0.717) is 10.7 Å². The molecule has 0 aliphatic rings. The van der Waals surface area contributed by atoms with E-state index in [4.69, 9.17) is 11.6 Å². The molecule has 0 aromatic heterocycles. The van der Waals surface area contributed by atoms with Crippen LogP contribution in [0.4, 0.5) is 11.4 Å². The maximum Gasteiger partial charge on any atom is 0.267 e. The number of aryl methyl sites for hydroxylation is 2. The van der Waals surface area contributed by atoms with Crippen LogP contribution >= 0.6 is 11.6 Å². The molecule has 0 atom stereocenters. The number of nitriles is 1. The number of phenolic OH excluding ortho intramolecular Hbond substituents is 1. The van der Waals surface area contributed by atoms with E-state index in [9.17, 15) is 15.2 Å². The first-order chi connectivity index (χ1) is 12.5. The van der Waals surface area contributed by atoms with Gasteiger partial charge in [0.15, 0.2) is 0 Å². The minimum atomic E-state index is -0.517. The van der Waals surface area contributed by atoms with E-state index < -0.39 is 5.91 Å². The fourth-order valence-electron chi connectivity index (χ4n) is 2.51. The standard InChI is InChI=1S/C20H20ClN3O2/c1-3-13-6-5-7-14(4-2)19(13)24-20(26)15(11-22)12-23-17-10-16(21)8-9-18(17)25/h5-10,12,23,25H,3-4H2,1-2H3,(H,24,26)/b15-12-. The molecule has 0 aliphatic heterocycles. The Labute approximate surface area is 157 Å². The van der Waals surface area contributed by atoms with Crippen LogP contribution in [0.3, 0.4) is 0 Å². The summed E-state index contributed by atoms with van der Waals surface area (Å²) in [5, 5.41) is 25.1. The molecule has 2 aromatic rings. The van der Waals surface area contributed by atoms with Gasteiger partial charge < -0.3 is 15.7 Å². The molecule has 0 radical (unpaired) electrons. The topological polar surface area (TPSA) is 85.2 Å². The van der Waals surface area contributed by atoms with Crippen LogP contribution < -0.4 is 10.6 Å². The van der Waals surface area contributed by atoms with Crippen molar-refractivity contribution in [2.75, 3.05) is 10.6 Å².